The minimum atomic E-state index is 0.201. The summed E-state index contributed by atoms with van der Waals surface area (Å²) in [5.41, 5.74) is 2.23. The van der Waals surface area contributed by atoms with Gasteiger partial charge >= 0.3 is 0 Å². The highest BCUT2D eigenvalue weighted by atomic mass is 15.2. The molecular weight excluding hydrogens is 248 g/mol. The molecule has 1 aromatic carbocycles. The zero-order valence-electron chi connectivity index (χ0n) is 11.3. The van der Waals surface area contributed by atoms with Crippen molar-refractivity contribution < 1.29 is 0 Å². The predicted octanol–water partition coefficient (Wildman–Crippen LogP) is 3.63. The second-order valence-electron chi connectivity index (χ2n) is 4.61. The Bertz CT molecular complexity index is 661. The van der Waals surface area contributed by atoms with Gasteiger partial charge in [-0.05, 0) is 36.8 Å². The molecule has 0 aliphatic heterocycles. The van der Waals surface area contributed by atoms with Crippen LogP contribution in [0.2, 0.25) is 0 Å². The molecule has 1 atom stereocenters. The van der Waals surface area contributed by atoms with Gasteiger partial charge in [0.1, 0.15) is 0 Å². The molecule has 1 N–H and O–H groups in total. The summed E-state index contributed by atoms with van der Waals surface area (Å²) in [6.45, 7) is 2.15. The number of rotatable bonds is 4. The minimum Gasteiger partial charge on any atom is -0.326 e. The van der Waals surface area contributed by atoms with Crippen LogP contribution in [0.15, 0.2) is 67.3 Å². The maximum atomic E-state index is 4.39. The van der Waals surface area contributed by atoms with Gasteiger partial charge in [-0.3, -0.25) is 4.98 Å². The normalized spacial score (nSPS) is 12.1. The van der Waals surface area contributed by atoms with Gasteiger partial charge in [-0.15, -0.1) is 0 Å². The number of pyridine rings is 1. The smallest absolute Gasteiger partial charge is 0.207 e. The van der Waals surface area contributed by atoms with Crippen LogP contribution in [0, 0.1) is 0 Å². The van der Waals surface area contributed by atoms with E-state index in [1.54, 1.807) is 0 Å². The first-order chi connectivity index (χ1) is 9.84. The molecule has 0 aliphatic carbocycles. The number of nitrogens with zero attached hydrogens (tertiary/aromatic N) is 3. The van der Waals surface area contributed by atoms with E-state index in [0.717, 1.165) is 11.6 Å². The molecule has 1 unspecified atom stereocenters. The Morgan fingerprint density at radius 3 is 2.50 bits per heavy atom. The first-order valence-electron chi connectivity index (χ1n) is 6.59. The van der Waals surface area contributed by atoms with Gasteiger partial charge in [0.2, 0.25) is 5.95 Å². The summed E-state index contributed by atoms with van der Waals surface area (Å²) < 4.78 is 2.11. The van der Waals surface area contributed by atoms with E-state index in [9.17, 15) is 0 Å². The van der Waals surface area contributed by atoms with Crippen LogP contribution in [0.4, 0.5) is 11.6 Å². The lowest BCUT2D eigenvalue weighted by molar-refractivity contribution is 0.646. The number of hydrogen-bond acceptors (Lipinski definition) is 3. The monoisotopic (exact) mass is 264 g/mol. The molecule has 3 rings (SSSR count). The van der Waals surface area contributed by atoms with Crippen molar-refractivity contribution >= 4 is 11.6 Å². The lowest BCUT2D eigenvalue weighted by Crippen LogP contribution is -2.09. The number of imidazole rings is 1. The van der Waals surface area contributed by atoms with Crippen LogP contribution in [-0.4, -0.2) is 14.5 Å². The standard InChI is InChI=1S/C16H16N4/c1-13(14-7-9-17-10-8-14)20-12-11-18-16(20)19-15-5-3-2-4-6-15/h2-13H,1H3,(H,18,19). The van der Waals surface area contributed by atoms with Crippen molar-refractivity contribution in [3.63, 3.8) is 0 Å². The van der Waals surface area contributed by atoms with E-state index in [1.807, 2.05) is 67.3 Å². The fraction of sp³-hybridized carbons (Fsp3) is 0.125. The zero-order chi connectivity index (χ0) is 13.8. The van der Waals surface area contributed by atoms with Crippen molar-refractivity contribution in [2.75, 3.05) is 5.32 Å². The summed E-state index contributed by atoms with van der Waals surface area (Å²) in [7, 11) is 0. The summed E-state index contributed by atoms with van der Waals surface area (Å²) in [5.74, 6) is 0.834. The molecule has 0 saturated carbocycles. The average molecular weight is 264 g/mol. The van der Waals surface area contributed by atoms with Crippen molar-refractivity contribution in [1.29, 1.82) is 0 Å². The Morgan fingerprint density at radius 2 is 1.75 bits per heavy atom. The molecule has 100 valence electrons. The van der Waals surface area contributed by atoms with Gasteiger partial charge in [-0.2, -0.15) is 0 Å². The number of benzene rings is 1. The number of para-hydroxylation sites is 1. The fourth-order valence-corrected chi connectivity index (χ4v) is 2.18. The van der Waals surface area contributed by atoms with Crippen LogP contribution >= 0.6 is 0 Å². The molecule has 2 heterocycles. The Kier molecular flexibility index (Phi) is 3.46. The van der Waals surface area contributed by atoms with E-state index >= 15 is 0 Å². The van der Waals surface area contributed by atoms with Crippen molar-refractivity contribution in [1.82, 2.24) is 14.5 Å². The maximum Gasteiger partial charge on any atom is 0.207 e. The zero-order valence-corrected chi connectivity index (χ0v) is 11.3. The van der Waals surface area contributed by atoms with Gasteiger partial charge in [-0.25, -0.2) is 4.98 Å². The van der Waals surface area contributed by atoms with Crippen LogP contribution < -0.4 is 5.32 Å². The molecule has 0 radical (unpaired) electrons. The van der Waals surface area contributed by atoms with E-state index in [2.05, 4.69) is 26.8 Å². The largest absolute Gasteiger partial charge is 0.326 e. The van der Waals surface area contributed by atoms with Gasteiger partial charge in [0.15, 0.2) is 0 Å². The maximum absolute atomic E-state index is 4.39. The first kappa shape index (κ1) is 12.4. The molecule has 4 nitrogen and oxygen atoms in total. The predicted molar refractivity (Wildman–Crippen MR) is 80.0 cm³/mol. The van der Waals surface area contributed by atoms with Gasteiger partial charge in [0.25, 0.3) is 0 Å². The summed E-state index contributed by atoms with van der Waals surface area (Å²) in [6.07, 6.45) is 7.42. The molecule has 2 aromatic heterocycles. The highest BCUT2D eigenvalue weighted by Crippen LogP contribution is 2.23. The van der Waals surface area contributed by atoms with E-state index in [0.29, 0.717) is 0 Å². The average Bonchev–Trinajstić information content (AvgIpc) is 2.96. The number of hydrogen-bond donors (Lipinski definition) is 1. The minimum absolute atomic E-state index is 0.201. The van der Waals surface area contributed by atoms with Crippen LogP contribution in [-0.2, 0) is 0 Å². The summed E-state index contributed by atoms with van der Waals surface area (Å²) in [4.78, 5) is 8.45. The molecule has 0 spiro atoms. The van der Waals surface area contributed by atoms with Gasteiger partial charge in [0, 0.05) is 30.5 Å². The summed E-state index contributed by atoms with van der Waals surface area (Å²) >= 11 is 0. The first-order valence-corrected chi connectivity index (χ1v) is 6.59. The SMILES string of the molecule is CC(c1ccncc1)n1ccnc1Nc1ccccc1. The molecule has 20 heavy (non-hydrogen) atoms. The molecule has 3 aromatic rings. The molecular formula is C16H16N4. The van der Waals surface area contributed by atoms with E-state index in [4.69, 9.17) is 0 Å². The number of anilines is 2. The quantitative estimate of drug-likeness (QED) is 0.782. The Hall–Kier alpha value is -2.62. The third kappa shape index (κ3) is 2.54. The van der Waals surface area contributed by atoms with E-state index < -0.39 is 0 Å². The molecule has 0 saturated heterocycles. The molecule has 0 amide bonds. The van der Waals surface area contributed by atoms with Crippen LogP contribution in [0.1, 0.15) is 18.5 Å². The number of nitrogens with one attached hydrogen (secondary N) is 1. The van der Waals surface area contributed by atoms with E-state index in [-0.39, 0.29) is 6.04 Å². The third-order valence-electron chi connectivity index (χ3n) is 3.30. The van der Waals surface area contributed by atoms with Crippen LogP contribution in [0.3, 0.4) is 0 Å². The lowest BCUT2D eigenvalue weighted by Gasteiger charge is -2.17. The second-order valence-corrected chi connectivity index (χ2v) is 4.61. The molecule has 4 heteroatoms. The van der Waals surface area contributed by atoms with Gasteiger partial charge in [-0.1, -0.05) is 18.2 Å². The van der Waals surface area contributed by atoms with Crippen molar-refractivity contribution in [3.8, 4) is 0 Å². The summed E-state index contributed by atoms with van der Waals surface area (Å²) in [6, 6.07) is 14.3. The van der Waals surface area contributed by atoms with Gasteiger partial charge < -0.3 is 9.88 Å². The van der Waals surface area contributed by atoms with Crippen molar-refractivity contribution in [2.24, 2.45) is 0 Å². The molecule has 0 bridgehead atoms. The number of aromatic nitrogens is 3. The highest BCUT2D eigenvalue weighted by Gasteiger charge is 2.11. The Morgan fingerprint density at radius 1 is 1.00 bits per heavy atom. The molecule has 0 fully saturated rings. The fourth-order valence-electron chi connectivity index (χ4n) is 2.18. The van der Waals surface area contributed by atoms with Crippen molar-refractivity contribution in [3.05, 3.63) is 72.8 Å². The van der Waals surface area contributed by atoms with Crippen LogP contribution in [0.25, 0.3) is 0 Å². The second kappa shape index (κ2) is 5.57. The topological polar surface area (TPSA) is 42.7 Å². The molecule has 0 aliphatic rings. The third-order valence-corrected chi connectivity index (χ3v) is 3.30. The van der Waals surface area contributed by atoms with E-state index in [1.165, 1.54) is 5.56 Å². The van der Waals surface area contributed by atoms with Gasteiger partial charge in [0.05, 0.1) is 6.04 Å². The summed E-state index contributed by atoms with van der Waals surface area (Å²) in [5, 5.41) is 3.34. The highest BCUT2D eigenvalue weighted by molar-refractivity contribution is 5.53. The van der Waals surface area contributed by atoms with Crippen molar-refractivity contribution in [2.45, 2.75) is 13.0 Å². The Balaban J connectivity index is 1.87. The Labute approximate surface area is 118 Å². The van der Waals surface area contributed by atoms with Crippen LogP contribution in [0.5, 0.6) is 0 Å². The lowest BCUT2D eigenvalue weighted by atomic mass is 10.1.